The molecule has 0 amide bonds. The maximum Gasteiger partial charge on any atom is 0.281 e. The summed E-state index contributed by atoms with van der Waals surface area (Å²) in [5.41, 5.74) is 3.56. The molecular weight excluding hydrogens is 268 g/mol. The molecule has 0 bridgehead atoms. The lowest BCUT2D eigenvalue weighted by Gasteiger charge is -2.03. The first-order valence-electron chi connectivity index (χ1n) is 6.58. The van der Waals surface area contributed by atoms with Gasteiger partial charge in [0, 0.05) is 11.4 Å². The van der Waals surface area contributed by atoms with Crippen LogP contribution in [-0.4, -0.2) is 27.1 Å². The minimum absolute atomic E-state index is 0.121. The van der Waals surface area contributed by atoms with Gasteiger partial charge in [-0.25, -0.2) is 4.68 Å². The van der Waals surface area contributed by atoms with Crippen LogP contribution in [0.25, 0.3) is 16.9 Å². The fourth-order valence-corrected chi connectivity index (χ4v) is 2.31. The Morgan fingerprint density at radius 1 is 1.19 bits per heavy atom. The number of nitrogens with one attached hydrogen (secondary N) is 2. The van der Waals surface area contributed by atoms with Gasteiger partial charge in [0.05, 0.1) is 24.1 Å². The molecule has 0 aliphatic rings. The van der Waals surface area contributed by atoms with Crippen LogP contribution in [0.1, 0.15) is 11.4 Å². The average Bonchev–Trinajstić information content (AvgIpc) is 3.02. The first kappa shape index (κ1) is 13.2. The van der Waals surface area contributed by atoms with E-state index in [0.717, 1.165) is 22.8 Å². The third-order valence-electron chi connectivity index (χ3n) is 3.36. The second-order valence-corrected chi connectivity index (χ2v) is 4.89. The molecule has 0 fully saturated rings. The second-order valence-electron chi connectivity index (χ2n) is 4.89. The zero-order valence-corrected chi connectivity index (χ0v) is 12.1. The molecule has 0 atom stereocenters. The van der Waals surface area contributed by atoms with Gasteiger partial charge >= 0.3 is 0 Å². The van der Waals surface area contributed by atoms with Crippen molar-refractivity contribution in [2.24, 2.45) is 0 Å². The number of ether oxygens (including phenoxy) is 1. The van der Waals surface area contributed by atoms with Crippen molar-refractivity contribution in [3.63, 3.8) is 0 Å². The summed E-state index contributed by atoms with van der Waals surface area (Å²) in [5, 5.41) is 10.1. The number of aromatic amines is 2. The highest BCUT2D eigenvalue weighted by atomic mass is 16.5. The highest BCUT2D eigenvalue weighted by Crippen LogP contribution is 2.19. The van der Waals surface area contributed by atoms with Gasteiger partial charge < -0.3 is 4.74 Å². The third kappa shape index (κ3) is 2.24. The number of nitrogens with zero attached hydrogens (tertiary/aromatic N) is 2. The Labute approximate surface area is 121 Å². The molecule has 0 spiro atoms. The first-order valence-corrected chi connectivity index (χ1v) is 6.58. The molecule has 0 aliphatic heterocycles. The van der Waals surface area contributed by atoms with Gasteiger partial charge in [-0.2, -0.15) is 5.10 Å². The van der Waals surface area contributed by atoms with Gasteiger partial charge in [0.15, 0.2) is 0 Å². The highest BCUT2D eigenvalue weighted by Gasteiger charge is 2.16. The maximum absolute atomic E-state index is 12.6. The molecule has 2 aromatic heterocycles. The molecule has 1 aromatic carbocycles. The Kier molecular flexibility index (Phi) is 3.13. The third-order valence-corrected chi connectivity index (χ3v) is 3.36. The van der Waals surface area contributed by atoms with Crippen molar-refractivity contribution in [2.75, 3.05) is 7.11 Å². The molecule has 6 heteroatoms. The molecule has 0 radical (unpaired) electrons. The van der Waals surface area contributed by atoms with Gasteiger partial charge in [0.25, 0.3) is 5.56 Å². The number of aromatic nitrogens is 4. The topological polar surface area (TPSA) is 75.7 Å². The van der Waals surface area contributed by atoms with Gasteiger partial charge in [-0.1, -0.05) is 0 Å². The van der Waals surface area contributed by atoms with Gasteiger partial charge in [-0.15, -0.1) is 0 Å². The summed E-state index contributed by atoms with van der Waals surface area (Å²) in [4.78, 5) is 12.6. The molecule has 3 aromatic rings. The van der Waals surface area contributed by atoms with Gasteiger partial charge in [0.2, 0.25) is 0 Å². The largest absolute Gasteiger partial charge is 0.497 e. The molecule has 2 N–H and O–H groups in total. The molecule has 2 heterocycles. The van der Waals surface area contributed by atoms with Crippen molar-refractivity contribution < 1.29 is 4.74 Å². The molecule has 3 rings (SSSR count). The van der Waals surface area contributed by atoms with E-state index >= 15 is 0 Å². The lowest BCUT2D eigenvalue weighted by atomic mass is 10.2. The fourth-order valence-electron chi connectivity index (χ4n) is 2.31. The van der Waals surface area contributed by atoms with Crippen molar-refractivity contribution in [1.29, 1.82) is 0 Å². The van der Waals surface area contributed by atoms with Crippen molar-refractivity contribution in [2.45, 2.75) is 13.8 Å². The summed E-state index contributed by atoms with van der Waals surface area (Å²) >= 11 is 0. The fraction of sp³-hybridized carbons (Fsp3) is 0.200. The first-order chi connectivity index (χ1) is 10.1. The van der Waals surface area contributed by atoms with Crippen molar-refractivity contribution in [1.82, 2.24) is 20.0 Å². The van der Waals surface area contributed by atoms with Crippen LogP contribution in [0.3, 0.4) is 0 Å². The number of rotatable bonds is 3. The minimum atomic E-state index is -0.121. The van der Waals surface area contributed by atoms with Crippen molar-refractivity contribution >= 4 is 0 Å². The molecule has 21 heavy (non-hydrogen) atoms. The lowest BCUT2D eigenvalue weighted by molar-refractivity contribution is 0.414. The van der Waals surface area contributed by atoms with Crippen LogP contribution in [-0.2, 0) is 0 Å². The summed E-state index contributed by atoms with van der Waals surface area (Å²) in [7, 11) is 1.61. The number of methoxy groups -OCH3 is 1. The monoisotopic (exact) mass is 284 g/mol. The molecule has 6 nitrogen and oxygen atoms in total. The van der Waals surface area contributed by atoms with E-state index in [1.165, 1.54) is 4.68 Å². The van der Waals surface area contributed by atoms with Crippen LogP contribution in [0.4, 0.5) is 0 Å². The molecule has 108 valence electrons. The quantitative estimate of drug-likeness (QED) is 0.774. The Hall–Kier alpha value is -2.76. The number of hydrogen-bond acceptors (Lipinski definition) is 3. The molecule has 0 saturated carbocycles. The number of hydrogen-bond donors (Lipinski definition) is 2. The number of benzene rings is 1. The smallest absolute Gasteiger partial charge is 0.281 e. The molecule has 0 unspecified atom stereocenters. The van der Waals surface area contributed by atoms with Crippen LogP contribution in [0.5, 0.6) is 5.75 Å². The van der Waals surface area contributed by atoms with Crippen molar-refractivity contribution in [3.8, 4) is 22.7 Å². The Balaban J connectivity index is 2.11. The molecular formula is C15H16N4O2. The molecule has 0 aliphatic carbocycles. The SMILES string of the molecule is COc1ccc(-n2[nH]c(C)c(-c3cc(C)[nH]n3)c2=O)cc1. The van der Waals surface area contributed by atoms with Crippen LogP contribution < -0.4 is 10.3 Å². The van der Waals surface area contributed by atoms with E-state index in [-0.39, 0.29) is 5.56 Å². The lowest BCUT2D eigenvalue weighted by Crippen LogP contribution is -2.15. The van der Waals surface area contributed by atoms with Crippen LogP contribution in [0.15, 0.2) is 35.1 Å². The summed E-state index contributed by atoms with van der Waals surface area (Å²) < 4.78 is 6.63. The Morgan fingerprint density at radius 2 is 1.90 bits per heavy atom. The van der Waals surface area contributed by atoms with E-state index in [0.29, 0.717) is 11.3 Å². The van der Waals surface area contributed by atoms with Crippen LogP contribution in [0, 0.1) is 13.8 Å². The average molecular weight is 284 g/mol. The highest BCUT2D eigenvalue weighted by molar-refractivity contribution is 5.61. The Morgan fingerprint density at radius 3 is 2.48 bits per heavy atom. The van der Waals surface area contributed by atoms with E-state index in [1.54, 1.807) is 7.11 Å². The van der Waals surface area contributed by atoms with E-state index in [1.807, 2.05) is 44.2 Å². The minimum Gasteiger partial charge on any atom is -0.497 e. The standard InChI is InChI=1S/C15H16N4O2/c1-9-8-13(17-16-9)14-10(2)18-19(15(14)20)11-4-6-12(21-3)7-5-11/h4-8,18H,1-3H3,(H,16,17). The van der Waals surface area contributed by atoms with Gasteiger partial charge in [-0.3, -0.25) is 15.0 Å². The summed E-state index contributed by atoms with van der Waals surface area (Å²) in [6.07, 6.45) is 0. The van der Waals surface area contributed by atoms with E-state index in [2.05, 4.69) is 15.3 Å². The van der Waals surface area contributed by atoms with Crippen LogP contribution >= 0.6 is 0 Å². The van der Waals surface area contributed by atoms with Crippen LogP contribution in [0.2, 0.25) is 0 Å². The number of aryl methyl sites for hydroxylation is 2. The van der Waals surface area contributed by atoms with E-state index in [4.69, 9.17) is 4.74 Å². The predicted octanol–water partition coefficient (Wildman–Crippen LogP) is 2.18. The van der Waals surface area contributed by atoms with E-state index in [9.17, 15) is 4.79 Å². The van der Waals surface area contributed by atoms with E-state index < -0.39 is 0 Å². The summed E-state index contributed by atoms with van der Waals surface area (Å²) in [6.45, 7) is 3.77. The Bertz CT molecular complexity index is 824. The number of H-pyrrole nitrogens is 2. The van der Waals surface area contributed by atoms with Crippen molar-refractivity contribution in [3.05, 3.63) is 52.1 Å². The molecule has 0 saturated heterocycles. The zero-order chi connectivity index (χ0) is 15.0. The van der Waals surface area contributed by atoms with Gasteiger partial charge in [0.1, 0.15) is 5.75 Å². The zero-order valence-electron chi connectivity index (χ0n) is 12.1. The normalized spacial score (nSPS) is 10.8. The second kappa shape index (κ2) is 4.97. The predicted molar refractivity (Wildman–Crippen MR) is 80.0 cm³/mol. The maximum atomic E-state index is 12.6. The summed E-state index contributed by atoms with van der Waals surface area (Å²) in [5.74, 6) is 0.748. The van der Waals surface area contributed by atoms with Gasteiger partial charge in [-0.05, 0) is 44.2 Å². The summed E-state index contributed by atoms with van der Waals surface area (Å²) in [6, 6.07) is 9.15.